The molecule has 4 atom stereocenters. The van der Waals surface area contributed by atoms with Gasteiger partial charge in [-0.1, -0.05) is 69.2 Å². The predicted octanol–water partition coefficient (Wildman–Crippen LogP) is 5.57. The molecule has 0 radical (unpaired) electrons. The zero-order valence-electron chi connectivity index (χ0n) is 20.1. The van der Waals surface area contributed by atoms with Gasteiger partial charge in [-0.15, -0.1) is 0 Å². The average molecular weight is 487 g/mol. The van der Waals surface area contributed by atoms with Gasteiger partial charge in [0.2, 0.25) is 0 Å². The number of carbonyl (C=O) groups is 2. The van der Waals surface area contributed by atoms with E-state index >= 15 is 0 Å². The van der Waals surface area contributed by atoms with Gasteiger partial charge >= 0.3 is 0 Å². The van der Waals surface area contributed by atoms with Gasteiger partial charge in [-0.05, 0) is 54.2 Å². The van der Waals surface area contributed by atoms with Gasteiger partial charge in [-0.25, -0.2) is 4.21 Å². The summed E-state index contributed by atoms with van der Waals surface area (Å²) in [5, 5.41) is 3.22. The van der Waals surface area contributed by atoms with Crippen LogP contribution in [0.5, 0.6) is 0 Å². The first kappa shape index (κ1) is 23.5. The van der Waals surface area contributed by atoms with Crippen LogP contribution < -0.4 is 10.2 Å². The van der Waals surface area contributed by atoms with Crippen molar-refractivity contribution in [1.29, 1.82) is 0 Å². The van der Waals surface area contributed by atoms with E-state index in [0.29, 0.717) is 45.0 Å². The molecule has 5 rings (SSSR count). The number of carbonyl (C=O) groups excluding carboxylic acids is 2. The van der Waals surface area contributed by atoms with Crippen molar-refractivity contribution < 1.29 is 13.8 Å². The Balaban J connectivity index is 1.54. The molecular weight excluding hydrogens is 456 g/mol. The summed E-state index contributed by atoms with van der Waals surface area (Å²) >= 11 is 0. The molecule has 5 nitrogen and oxygen atoms in total. The van der Waals surface area contributed by atoms with Crippen molar-refractivity contribution in [3.05, 3.63) is 89.5 Å². The highest BCUT2D eigenvalue weighted by atomic mass is 32.2. The first-order chi connectivity index (χ1) is 16.9. The van der Waals surface area contributed by atoms with Gasteiger partial charge in [0.1, 0.15) is 0 Å². The number of anilines is 1. The zero-order valence-corrected chi connectivity index (χ0v) is 20.9. The number of hydrogen-bond donors (Lipinski definition) is 1. The maximum atomic E-state index is 13.7. The van der Waals surface area contributed by atoms with Gasteiger partial charge in [0.15, 0.2) is 0 Å². The molecule has 0 spiro atoms. The standard InChI is InChI=1S/C29H30N2O3S/c1-19-9-8-13-24(20(19)2)30-28(32)22-15-16-27-25(17-22)31(18-21-10-4-3-5-11-21)29(33)23-12-6-7-14-26(23)35(27)34/h3-7,10-12,14-17,19-20,24H,8-9,13,18H2,1-2H3,(H,30,32)/t19-,20-,24+,35+/m1/s1. The number of nitrogens with one attached hydrogen (secondary N) is 1. The van der Waals surface area contributed by atoms with Gasteiger partial charge < -0.3 is 10.2 Å². The van der Waals surface area contributed by atoms with E-state index in [-0.39, 0.29) is 17.9 Å². The van der Waals surface area contributed by atoms with Crippen LogP contribution >= 0.6 is 0 Å². The van der Waals surface area contributed by atoms with Crippen LogP contribution in [0.15, 0.2) is 82.6 Å². The van der Waals surface area contributed by atoms with Crippen molar-refractivity contribution in [2.45, 2.75) is 55.5 Å². The summed E-state index contributed by atoms with van der Waals surface area (Å²) in [7, 11) is -1.54. The quantitative estimate of drug-likeness (QED) is 0.524. The Morgan fingerprint density at radius 1 is 0.971 bits per heavy atom. The van der Waals surface area contributed by atoms with Crippen LogP contribution in [-0.4, -0.2) is 22.1 Å². The fourth-order valence-electron chi connectivity index (χ4n) is 5.16. The molecule has 2 amide bonds. The Kier molecular flexibility index (Phi) is 6.56. The molecule has 35 heavy (non-hydrogen) atoms. The minimum Gasteiger partial charge on any atom is -0.349 e. The molecule has 3 aromatic rings. The first-order valence-electron chi connectivity index (χ1n) is 12.3. The first-order valence-corrected chi connectivity index (χ1v) is 13.4. The Morgan fingerprint density at radius 3 is 2.51 bits per heavy atom. The summed E-state index contributed by atoms with van der Waals surface area (Å²) in [5.74, 6) is 0.606. The lowest BCUT2D eigenvalue weighted by Crippen LogP contribution is -2.43. The van der Waals surface area contributed by atoms with Crippen LogP contribution in [0.3, 0.4) is 0 Å². The maximum Gasteiger partial charge on any atom is 0.259 e. The van der Waals surface area contributed by atoms with E-state index in [0.717, 1.165) is 18.4 Å². The molecule has 0 bridgehead atoms. The number of amides is 2. The van der Waals surface area contributed by atoms with E-state index in [2.05, 4.69) is 19.2 Å². The second-order valence-corrected chi connectivity index (χ2v) is 11.1. The largest absolute Gasteiger partial charge is 0.349 e. The number of fused-ring (bicyclic) bond motifs is 2. The Labute approximate surface area is 209 Å². The van der Waals surface area contributed by atoms with Crippen LogP contribution in [0, 0.1) is 11.8 Å². The Bertz CT molecular complexity index is 1290. The van der Waals surface area contributed by atoms with Gasteiger partial charge in [0, 0.05) is 11.6 Å². The molecule has 2 aliphatic rings. The third-order valence-electron chi connectivity index (χ3n) is 7.48. The van der Waals surface area contributed by atoms with Crippen LogP contribution in [0.1, 0.15) is 59.4 Å². The summed E-state index contributed by atoms with van der Waals surface area (Å²) in [4.78, 5) is 29.7. The van der Waals surface area contributed by atoms with Gasteiger partial charge in [0.05, 0.1) is 38.4 Å². The topological polar surface area (TPSA) is 66.5 Å². The Hall–Kier alpha value is -3.25. The van der Waals surface area contributed by atoms with Crippen LogP contribution in [0.25, 0.3) is 0 Å². The fraction of sp³-hybridized carbons (Fsp3) is 0.310. The molecule has 0 aromatic heterocycles. The molecule has 1 aliphatic heterocycles. The average Bonchev–Trinajstić information content (AvgIpc) is 2.97. The Morgan fingerprint density at radius 2 is 1.71 bits per heavy atom. The molecular formula is C29H30N2O3S. The zero-order chi connectivity index (χ0) is 24.5. The smallest absolute Gasteiger partial charge is 0.259 e. The van der Waals surface area contributed by atoms with Crippen LogP contribution in [-0.2, 0) is 17.3 Å². The van der Waals surface area contributed by atoms with Crippen molar-refractivity contribution in [1.82, 2.24) is 5.32 Å². The molecule has 1 N–H and O–H groups in total. The maximum absolute atomic E-state index is 13.7. The van der Waals surface area contributed by atoms with E-state index < -0.39 is 10.8 Å². The number of nitrogens with zero attached hydrogens (tertiary/aromatic N) is 1. The van der Waals surface area contributed by atoms with E-state index in [1.807, 2.05) is 30.3 Å². The summed E-state index contributed by atoms with van der Waals surface area (Å²) < 4.78 is 13.6. The highest BCUT2D eigenvalue weighted by Gasteiger charge is 2.32. The fourth-order valence-corrected chi connectivity index (χ4v) is 6.51. The second-order valence-electron chi connectivity index (χ2n) is 9.67. The normalized spacial score (nSPS) is 23.7. The van der Waals surface area contributed by atoms with Crippen molar-refractivity contribution in [2.75, 3.05) is 4.90 Å². The van der Waals surface area contributed by atoms with E-state index in [4.69, 9.17) is 0 Å². The van der Waals surface area contributed by atoms with Crippen LogP contribution in [0.4, 0.5) is 5.69 Å². The monoisotopic (exact) mass is 486 g/mol. The lowest BCUT2D eigenvalue weighted by Gasteiger charge is -2.34. The third-order valence-corrected chi connectivity index (χ3v) is 8.98. The van der Waals surface area contributed by atoms with Gasteiger partial charge in [-0.3, -0.25) is 9.59 Å². The molecule has 1 heterocycles. The molecule has 1 fully saturated rings. The number of hydrogen-bond acceptors (Lipinski definition) is 3. The van der Waals surface area contributed by atoms with E-state index in [1.54, 1.807) is 47.4 Å². The molecule has 0 unspecified atom stereocenters. The minimum atomic E-state index is -1.54. The summed E-state index contributed by atoms with van der Waals surface area (Å²) in [6, 6.07) is 22.1. The summed E-state index contributed by atoms with van der Waals surface area (Å²) in [6.45, 7) is 4.76. The summed E-state index contributed by atoms with van der Waals surface area (Å²) in [5.41, 5.74) is 2.37. The van der Waals surface area contributed by atoms with Crippen molar-refractivity contribution in [3.63, 3.8) is 0 Å². The predicted molar refractivity (Wildman–Crippen MR) is 138 cm³/mol. The second kappa shape index (κ2) is 9.78. The van der Waals surface area contributed by atoms with E-state index in [1.165, 1.54) is 6.42 Å². The highest BCUT2D eigenvalue weighted by Crippen LogP contribution is 2.36. The van der Waals surface area contributed by atoms with Gasteiger partial charge in [-0.2, -0.15) is 0 Å². The SMILES string of the molecule is C[C@@H]1[C@H](C)CCC[C@@H]1NC(=O)c1ccc2c(c1)N(Cc1ccccc1)C(=O)c1ccccc1[S@@]2=O. The lowest BCUT2D eigenvalue weighted by atomic mass is 9.78. The number of benzene rings is 3. The number of rotatable bonds is 4. The van der Waals surface area contributed by atoms with Crippen LogP contribution in [0.2, 0.25) is 0 Å². The summed E-state index contributed by atoms with van der Waals surface area (Å²) in [6.07, 6.45) is 3.27. The molecule has 180 valence electrons. The molecule has 1 aliphatic carbocycles. The molecule has 3 aromatic carbocycles. The van der Waals surface area contributed by atoms with Crippen molar-refractivity contribution in [3.8, 4) is 0 Å². The van der Waals surface area contributed by atoms with Crippen molar-refractivity contribution in [2.24, 2.45) is 11.8 Å². The molecule has 1 saturated carbocycles. The lowest BCUT2D eigenvalue weighted by molar-refractivity contribution is 0.0889. The highest BCUT2D eigenvalue weighted by molar-refractivity contribution is 7.85. The van der Waals surface area contributed by atoms with E-state index in [9.17, 15) is 13.8 Å². The molecule has 0 saturated heterocycles. The minimum absolute atomic E-state index is 0.130. The third kappa shape index (κ3) is 4.55. The van der Waals surface area contributed by atoms with Crippen molar-refractivity contribution >= 4 is 28.3 Å². The van der Waals surface area contributed by atoms with Gasteiger partial charge in [0.25, 0.3) is 11.8 Å². The molecule has 6 heteroatoms.